The Morgan fingerprint density at radius 3 is 2.63 bits per heavy atom. The molecule has 9 atom stereocenters. The molecule has 5 N–H and O–H groups in total. The van der Waals surface area contributed by atoms with Crippen molar-refractivity contribution in [2.24, 2.45) is 17.8 Å². The van der Waals surface area contributed by atoms with Crippen LogP contribution in [-0.2, 0) is 9.53 Å². The lowest BCUT2D eigenvalue weighted by Crippen LogP contribution is -2.66. The third-order valence-corrected chi connectivity index (χ3v) is 7.95. The molecule has 1 amide bonds. The van der Waals surface area contributed by atoms with E-state index in [1.54, 1.807) is 0 Å². The van der Waals surface area contributed by atoms with E-state index < -0.39 is 0 Å². The Kier molecular flexibility index (Phi) is 7.68. The van der Waals surface area contributed by atoms with E-state index >= 15 is 0 Å². The Morgan fingerprint density at radius 2 is 1.90 bits per heavy atom. The van der Waals surface area contributed by atoms with Gasteiger partial charge in [0.25, 0.3) is 0 Å². The van der Waals surface area contributed by atoms with E-state index in [1.165, 1.54) is 25.8 Å². The lowest BCUT2D eigenvalue weighted by molar-refractivity contribution is -0.127. The van der Waals surface area contributed by atoms with Gasteiger partial charge < -0.3 is 15.4 Å². The zero-order valence-corrected chi connectivity index (χ0v) is 19.1. The third-order valence-electron chi connectivity index (χ3n) is 7.95. The van der Waals surface area contributed by atoms with Crippen molar-refractivity contribution in [3.63, 3.8) is 0 Å². The van der Waals surface area contributed by atoms with Gasteiger partial charge >= 0.3 is 0 Å². The van der Waals surface area contributed by atoms with Crippen LogP contribution < -0.4 is 26.6 Å². The first-order valence-corrected chi connectivity index (χ1v) is 12.4. The molecule has 0 aromatic rings. The van der Waals surface area contributed by atoms with Crippen LogP contribution in [-0.4, -0.2) is 62.2 Å². The fraction of sp³-hybridized carbons (Fsp3) is 0.957. The molecule has 9 unspecified atom stereocenters. The quantitative estimate of drug-likeness (QED) is 0.460. The van der Waals surface area contributed by atoms with Gasteiger partial charge in [-0.1, -0.05) is 6.92 Å². The maximum absolute atomic E-state index is 12.8. The van der Waals surface area contributed by atoms with Crippen LogP contribution in [0.4, 0.5) is 0 Å². The summed E-state index contributed by atoms with van der Waals surface area (Å²) in [6.07, 6.45) is 8.26. The molecule has 3 heterocycles. The Hall–Kier alpha value is -0.730. The number of hydrogen-bond donors (Lipinski definition) is 5. The molecule has 3 saturated heterocycles. The SMILES string of the molecule is CC1CC(C(=O)NC2CCC(C)C(NC3NCCC(C4CCCNC4)N3)C2)C(C)O1. The highest BCUT2D eigenvalue weighted by Gasteiger charge is 2.38. The van der Waals surface area contributed by atoms with E-state index in [0.29, 0.717) is 18.0 Å². The Labute approximate surface area is 182 Å². The average Bonchev–Trinajstić information content (AvgIpc) is 3.09. The number of ether oxygens (including phenoxy) is 1. The van der Waals surface area contributed by atoms with E-state index in [9.17, 15) is 4.79 Å². The van der Waals surface area contributed by atoms with Crippen LogP contribution in [0.3, 0.4) is 0 Å². The van der Waals surface area contributed by atoms with E-state index in [0.717, 1.165) is 44.7 Å². The van der Waals surface area contributed by atoms with Gasteiger partial charge in [0.1, 0.15) is 6.29 Å². The monoisotopic (exact) mass is 421 g/mol. The topological polar surface area (TPSA) is 86.5 Å². The van der Waals surface area contributed by atoms with Crippen LogP contribution in [0.2, 0.25) is 0 Å². The van der Waals surface area contributed by atoms with Crippen molar-refractivity contribution in [2.75, 3.05) is 19.6 Å². The second-order valence-corrected chi connectivity index (χ2v) is 10.3. The van der Waals surface area contributed by atoms with Gasteiger partial charge in [-0.25, -0.2) is 0 Å². The largest absolute Gasteiger partial charge is 0.375 e. The third kappa shape index (κ3) is 5.54. The second-order valence-electron chi connectivity index (χ2n) is 10.3. The lowest BCUT2D eigenvalue weighted by Gasteiger charge is -2.42. The van der Waals surface area contributed by atoms with Crippen LogP contribution in [0.5, 0.6) is 0 Å². The van der Waals surface area contributed by atoms with Gasteiger partial charge in [-0.05, 0) is 90.3 Å². The molecule has 7 nitrogen and oxygen atoms in total. The maximum atomic E-state index is 12.8. The van der Waals surface area contributed by atoms with Crippen molar-refractivity contribution in [3.05, 3.63) is 0 Å². The first kappa shape index (κ1) is 22.5. The summed E-state index contributed by atoms with van der Waals surface area (Å²) in [6.45, 7) is 9.80. The average molecular weight is 422 g/mol. The zero-order valence-electron chi connectivity index (χ0n) is 19.1. The minimum Gasteiger partial charge on any atom is -0.375 e. The summed E-state index contributed by atoms with van der Waals surface area (Å²) < 4.78 is 5.79. The molecule has 4 aliphatic rings. The Bertz CT molecular complexity index is 570. The summed E-state index contributed by atoms with van der Waals surface area (Å²) in [5, 5.41) is 18.2. The van der Waals surface area contributed by atoms with E-state index in [2.05, 4.69) is 40.4 Å². The van der Waals surface area contributed by atoms with Crippen molar-refractivity contribution in [3.8, 4) is 0 Å². The number of amides is 1. The summed E-state index contributed by atoms with van der Waals surface area (Å²) in [4.78, 5) is 12.8. The standard InChI is InChI=1S/C23H43N5O2/c1-14-6-7-18(26-22(29)19-11-15(2)30-16(19)3)12-21(14)28-23-25-10-8-20(27-23)17-5-4-9-24-13-17/h14-21,23-25,27-28H,4-13H2,1-3H3,(H,26,29). The minimum absolute atomic E-state index is 0.00250. The van der Waals surface area contributed by atoms with Gasteiger partial charge in [-0.3, -0.25) is 20.7 Å². The van der Waals surface area contributed by atoms with Gasteiger partial charge in [0.2, 0.25) is 5.91 Å². The summed E-state index contributed by atoms with van der Waals surface area (Å²) >= 11 is 0. The molecule has 30 heavy (non-hydrogen) atoms. The summed E-state index contributed by atoms with van der Waals surface area (Å²) in [5.74, 6) is 1.53. The molecule has 0 spiro atoms. The molecule has 7 heteroatoms. The normalized spacial score (nSPS) is 45.2. The van der Waals surface area contributed by atoms with Crippen LogP contribution in [0, 0.1) is 17.8 Å². The molecule has 3 aliphatic heterocycles. The molecule has 0 bridgehead atoms. The highest BCUT2D eigenvalue weighted by Crippen LogP contribution is 2.29. The first-order valence-electron chi connectivity index (χ1n) is 12.4. The molecule has 4 rings (SSSR count). The number of nitrogens with one attached hydrogen (secondary N) is 5. The number of piperidine rings is 1. The second kappa shape index (κ2) is 10.3. The first-order chi connectivity index (χ1) is 14.5. The molecule has 1 saturated carbocycles. The molecule has 1 aliphatic carbocycles. The van der Waals surface area contributed by atoms with Crippen molar-refractivity contribution in [1.82, 2.24) is 26.6 Å². The van der Waals surface area contributed by atoms with E-state index in [-0.39, 0.29) is 36.4 Å². The van der Waals surface area contributed by atoms with Crippen molar-refractivity contribution >= 4 is 5.91 Å². The van der Waals surface area contributed by atoms with Crippen molar-refractivity contribution in [2.45, 2.75) is 102 Å². The Morgan fingerprint density at radius 1 is 1.03 bits per heavy atom. The molecule has 4 fully saturated rings. The smallest absolute Gasteiger partial charge is 0.226 e. The van der Waals surface area contributed by atoms with Crippen LogP contribution in [0.1, 0.15) is 65.7 Å². The molecule has 172 valence electrons. The van der Waals surface area contributed by atoms with E-state index in [1.807, 2.05) is 6.92 Å². The maximum Gasteiger partial charge on any atom is 0.226 e. The van der Waals surface area contributed by atoms with Crippen molar-refractivity contribution in [1.29, 1.82) is 0 Å². The predicted octanol–water partition coefficient (Wildman–Crippen LogP) is 1.30. The fourth-order valence-corrected chi connectivity index (χ4v) is 6.03. The summed E-state index contributed by atoms with van der Waals surface area (Å²) in [6, 6.07) is 1.25. The molecule has 0 aromatic heterocycles. The van der Waals surface area contributed by atoms with Crippen LogP contribution in [0.25, 0.3) is 0 Å². The molecular weight excluding hydrogens is 378 g/mol. The van der Waals surface area contributed by atoms with Gasteiger partial charge in [-0.15, -0.1) is 0 Å². The summed E-state index contributed by atoms with van der Waals surface area (Å²) in [5.41, 5.74) is 0. The highest BCUT2D eigenvalue weighted by molar-refractivity contribution is 5.79. The number of carbonyl (C=O) groups excluding carboxylic acids is 1. The minimum atomic E-state index is -0.00250. The lowest BCUT2D eigenvalue weighted by atomic mass is 9.82. The molecule has 0 radical (unpaired) electrons. The zero-order chi connectivity index (χ0) is 21.1. The fourth-order valence-electron chi connectivity index (χ4n) is 6.03. The highest BCUT2D eigenvalue weighted by atomic mass is 16.5. The molecule has 0 aromatic carbocycles. The number of rotatable bonds is 5. The van der Waals surface area contributed by atoms with E-state index in [4.69, 9.17) is 4.74 Å². The predicted molar refractivity (Wildman–Crippen MR) is 119 cm³/mol. The molecular formula is C23H43N5O2. The summed E-state index contributed by atoms with van der Waals surface area (Å²) in [7, 11) is 0. The van der Waals surface area contributed by atoms with Gasteiger partial charge in [0, 0.05) is 18.1 Å². The number of carbonyl (C=O) groups is 1. The Balaban J connectivity index is 1.27. The van der Waals surface area contributed by atoms with Crippen LogP contribution >= 0.6 is 0 Å². The van der Waals surface area contributed by atoms with Crippen molar-refractivity contribution < 1.29 is 9.53 Å². The van der Waals surface area contributed by atoms with Crippen LogP contribution in [0.15, 0.2) is 0 Å². The van der Waals surface area contributed by atoms with Gasteiger partial charge in [-0.2, -0.15) is 0 Å². The van der Waals surface area contributed by atoms with Gasteiger partial charge in [0.15, 0.2) is 0 Å². The van der Waals surface area contributed by atoms with Gasteiger partial charge in [0.05, 0.1) is 18.1 Å². The number of hydrogen-bond acceptors (Lipinski definition) is 6.